The van der Waals surface area contributed by atoms with Gasteiger partial charge in [0, 0.05) is 11.1 Å². The summed E-state index contributed by atoms with van der Waals surface area (Å²) >= 11 is 1.35. The number of aromatic nitrogens is 3. The number of amides is 1. The van der Waals surface area contributed by atoms with E-state index in [1.165, 1.54) is 17.3 Å². The zero-order valence-corrected chi connectivity index (χ0v) is 20.1. The standard InChI is InChI=1S/C25H28N4O3S/c1-5-31-21-8-6-7-19-13-22(32-24(19)21)17(4)27-23(30)14-33-25-28-26-15-29(25)20-11-9-18(10-12-20)16(2)3/h6-13,15-17H,5,14H2,1-4H3,(H,27,30). The predicted octanol–water partition coefficient (Wildman–Crippen LogP) is 5.51. The largest absolute Gasteiger partial charge is 0.490 e. The minimum Gasteiger partial charge on any atom is -0.490 e. The van der Waals surface area contributed by atoms with Crippen LogP contribution in [-0.4, -0.2) is 33.0 Å². The van der Waals surface area contributed by atoms with Gasteiger partial charge in [0.25, 0.3) is 0 Å². The van der Waals surface area contributed by atoms with E-state index in [1.54, 1.807) is 6.33 Å². The molecule has 8 heteroatoms. The lowest BCUT2D eigenvalue weighted by Crippen LogP contribution is -2.28. The van der Waals surface area contributed by atoms with E-state index in [2.05, 4.69) is 41.5 Å². The monoisotopic (exact) mass is 464 g/mol. The summed E-state index contributed by atoms with van der Waals surface area (Å²) in [7, 11) is 0. The molecule has 0 bridgehead atoms. The predicted molar refractivity (Wildman–Crippen MR) is 130 cm³/mol. The highest BCUT2D eigenvalue weighted by molar-refractivity contribution is 7.99. The summed E-state index contributed by atoms with van der Waals surface area (Å²) in [6.07, 6.45) is 1.66. The van der Waals surface area contributed by atoms with Crippen molar-refractivity contribution in [1.82, 2.24) is 20.1 Å². The number of carbonyl (C=O) groups excluding carboxylic acids is 1. The first-order valence-corrected chi connectivity index (χ1v) is 12.0. The van der Waals surface area contributed by atoms with Gasteiger partial charge in [-0.15, -0.1) is 10.2 Å². The summed E-state index contributed by atoms with van der Waals surface area (Å²) in [5, 5.41) is 12.8. The highest BCUT2D eigenvalue weighted by atomic mass is 32.2. The van der Waals surface area contributed by atoms with Crippen molar-refractivity contribution in [3.8, 4) is 11.4 Å². The van der Waals surface area contributed by atoms with Gasteiger partial charge in [-0.25, -0.2) is 0 Å². The Morgan fingerprint density at radius 3 is 2.70 bits per heavy atom. The van der Waals surface area contributed by atoms with Crippen LogP contribution < -0.4 is 10.1 Å². The van der Waals surface area contributed by atoms with Crippen molar-refractivity contribution in [3.05, 3.63) is 66.2 Å². The number of benzene rings is 2. The van der Waals surface area contributed by atoms with Crippen LogP contribution in [-0.2, 0) is 4.79 Å². The quantitative estimate of drug-likeness (QED) is 0.329. The molecule has 2 aromatic carbocycles. The second-order valence-corrected chi connectivity index (χ2v) is 9.01. The molecule has 0 aliphatic heterocycles. The topological polar surface area (TPSA) is 82.2 Å². The first-order valence-electron chi connectivity index (χ1n) is 11.0. The Labute approximate surface area is 197 Å². The van der Waals surface area contributed by atoms with Crippen LogP contribution in [0, 0.1) is 0 Å². The van der Waals surface area contributed by atoms with E-state index in [0.717, 1.165) is 11.1 Å². The third-order valence-corrected chi connectivity index (χ3v) is 6.26. The van der Waals surface area contributed by atoms with Crippen LogP contribution in [0.15, 0.2) is 64.4 Å². The number of hydrogen-bond donors (Lipinski definition) is 1. The number of ether oxygens (including phenoxy) is 1. The van der Waals surface area contributed by atoms with E-state index in [4.69, 9.17) is 9.15 Å². The van der Waals surface area contributed by atoms with Crippen LogP contribution in [0.5, 0.6) is 5.75 Å². The van der Waals surface area contributed by atoms with Crippen LogP contribution >= 0.6 is 11.8 Å². The number of para-hydroxylation sites is 1. The number of fused-ring (bicyclic) bond motifs is 1. The Morgan fingerprint density at radius 2 is 1.97 bits per heavy atom. The van der Waals surface area contributed by atoms with Crippen molar-refractivity contribution in [2.45, 2.75) is 44.8 Å². The third kappa shape index (κ3) is 5.22. The summed E-state index contributed by atoms with van der Waals surface area (Å²) in [5.41, 5.74) is 2.93. The van der Waals surface area contributed by atoms with Crippen LogP contribution in [0.4, 0.5) is 0 Å². The lowest BCUT2D eigenvalue weighted by atomic mass is 10.0. The van der Waals surface area contributed by atoms with E-state index in [0.29, 0.717) is 34.8 Å². The van der Waals surface area contributed by atoms with Crippen molar-refractivity contribution in [2.24, 2.45) is 0 Å². The first kappa shape index (κ1) is 22.9. The molecular weight excluding hydrogens is 436 g/mol. The molecule has 0 fully saturated rings. The Morgan fingerprint density at radius 1 is 1.18 bits per heavy atom. The van der Waals surface area contributed by atoms with Crippen molar-refractivity contribution in [1.29, 1.82) is 0 Å². The van der Waals surface area contributed by atoms with Gasteiger partial charge >= 0.3 is 0 Å². The molecule has 172 valence electrons. The van der Waals surface area contributed by atoms with E-state index in [9.17, 15) is 4.79 Å². The molecule has 0 aliphatic carbocycles. The van der Waals surface area contributed by atoms with Gasteiger partial charge in [0.2, 0.25) is 5.91 Å². The van der Waals surface area contributed by atoms with Gasteiger partial charge in [0.1, 0.15) is 12.1 Å². The fourth-order valence-corrected chi connectivity index (χ4v) is 4.28. The molecule has 4 rings (SSSR count). The summed E-state index contributed by atoms with van der Waals surface area (Å²) in [5.74, 6) is 1.97. The van der Waals surface area contributed by atoms with Crippen molar-refractivity contribution in [3.63, 3.8) is 0 Å². The lowest BCUT2D eigenvalue weighted by molar-refractivity contribution is -0.119. The molecule has 0 spiro atoms. The van der Waals surface area contributed by atoms with Gasteiger partial charge in [-0.05, 0) is 49.6 Å². The second kappa shape index (κ2) is 10.1. The van der Waals surface area contributed by atoms with Gasteiger partial charge in [-0.2, -0.15) is 0 Å². The highest BCUT2D eigenvalue weighted by Gasteiger charge is 2.17. The van der Waals surface area contributed by atoms with Crippen LogP contribution in [0.1, 0.15) is 51.0 Å². The van der Waals surface area contributed by atoms with E-state index in [1.807, 2.05) is 54.8 Å². The minimum absolute atomic E-state index is 0.109. The highest BCUT2D eigenvalue weighted by Crippen LogP contribution is 2.31. The number of rotatable bonds is 9. The normalized spacial score (nSPS) is 12.3. The maximum absolute atomic E-state index is 12.6. The Hall–Kier alpha value is -3.26. The number of nitrogens with zero attached hydrogens (tertiary/aromatic N) is 3. The zero-order valence-electron chi connectivity index (χ0n) is 19.2. The molecule has 1 N–H and O–H groups in total. The van der Waals surface area contributed by atoms with Gasteiger partial charge in [0.05, 0.1) is 18.4 Å². The molecule has 2 heterocycles. The maximum Gasteiger partial charge on any atom is 0.231 e. The van der Waals surface area contributed by atoms with Crippen molar-refractivity contribution < 1.29 is 13.9 Å². The molecule has 33 heavy (non-hydrogen) atoms. The van der Waals surface area contributed by atoms with E-state index < -0.39 is 0 Å². The minimum atomic E-state index is -0.276. The lowest BCUT2D eigenvalue weighted by Gasteiger charge is -2.12. The average molecular weight is 465 g/mol. The molecule has 2 aromatic heterocycles. The number of furan rings is 1. The SMILES string of the molecule is CCOc1cccc2cc(C(C)NC(=O)CSc3nncn3-c3ccc(C(C)C)cc3)oc12. The fraction of sp³-hybridized carbons (Fsp3) is 0.320. The van der Waals surface area contributed by atoms with E-state index in [-0.39, 0.29) is 17.7 Å². The third-order valence-electron chi connectivity index (χ3n) is 5.32. The Kier molecular flexibility index (Phi) is 7.03. The summed E-state index contributed by atoms with van der Waals surface area (Å²) in [4.78, 5) is 12.6. The van der Waals surface area contributed by atoms with Crippen LogP contribution in [0.3, 0.4) is 0 Å². The molecule has 1 unspecified atom stereocenters. The Bertz CT molecular complexity index is 1230. The van der Waals surface area contributed by atoms with Gasteiger partial charge in [0.15, 0.2) is 16.5 Å². The molecule has 7 nitrogen and oxygen atoms in total. The summed E-state index contributed by atoms with van der Waals surface area (Å²) in [6, 6.07) is 15.7. The number of nitrogens with one attached hydrogen (secondary N) is 1. The number of thioether (sulfide) groups is 1. The average Bonchev–Trinajstić information content (AvgIpc) is 3.45. The van der Waals surface area contributed by atoms with Crippen LogP contribution in [0.25, 0.3) is 16.7 Å². The molecular formula is C25H28N4O3S. The smallest absolute Gasteiger partial charge is 0.231 e. The Balaban J connectivity index is 1.39. The number of hydrogen-bond acceptors (Lipinski definition) is 6. The molecule has 1 amide bonds. The summed E-state index contributed by atoms with van der Waals surface area (Å²) in [6.45, 7) is 8.73. The molecule has 0 saturated carbocycles. The summed E-state index contributed by atoms with van der Waals surface area (Å²) < 4.78 is 13.5. The van der Waals surface area contributed by atoms with E-state index >= 15 is 0 Å². The van der Waals surface area contributed by atoms with Gasteiger partial charge in [-0.3, -0.25) is 9.36 Å². The zero-order chi connectivity index (χ0) is 23.4. The maximum atomic E-state index is 12.6. The van der Waals surface area contributed by atoms with Gasteiger partial charge in [-0.1, -0.05) is 49.9 Å². The van der Waals surface area contributed by atoms with Crippen molar-refractivity contribution >= 4 is 28.6 Å². The molecule has 0 aliphatic rings. The molecule has 1 atom stereocenters. The fourth-order valence-electron chi connectivity index (χ4n) is 3.54. The second-order valence-electron chi connectivity index (χ2n) is 8.06. The van der Waals surface area contributed by atoms with Crippen molar-refractivity contribution in [2.75, 3.05) is 12.4 Å². The molecule has 0 saturated heterocycles. The van der Waals surface area contributed by atoms with Crippen LogP contribution in [0.2, 0.25) is 0 Å². The molecule has 4 aromatic rings. The number of carbonyl (C=O) groups is 1. The van der Waals surface area contributed by atoms with Gasteiger partial charge < -0.3 is 14.5 Å². The first-order chi connectivity index (χ1) is 16.0. The molecule has 0 radical (unpaired) electrons.